The van der Waals surface area contributed by atoms with E-state index in [4.69, 9.17) is 0 Å². The van der Waals surface area contributed by atoms with E-state index in [2.05, 4.69) is 26.3 Å². The zero-order valence-electron chi connectivity index (χ0n) is 14.1. The molecule has 25 heavy (non-hydrogen) atoms. The number of hydrogen-bond acceptors (Lipinski definition) is 2. The van der Waals surface area contributed by atoms with Crippen molar-refractivity contribution < 1.29 is 4.79 Å². The van der Waals surface area contributed by atoms with Crippen LogP contribution in [0.3, 0.4) is 0 Å². The van der Waals surface area contributed by atoms with Crippen molar-refractivity contribution in [1.29, 1.82) is 0 Å². The van der Waals surface area contributed by atoms with Crippen molar-refractivity contribution in [3.8, 4) is 5.69 Å². The van der Waals surface area contributed by atoms with Gasteiger partial charge in [-0.15, -0.1) is 0 Å². The van der Waals surface area contributed by atoms with Crippen LogP contribution in [-0.2, 0) is 4.79 Å². The van der Waals surface area contributed by atoms with Gasteiger partial charge in [-0.25, -0.2) is 4.68 Å². The molecule has 1 heterocycles. The second kappa shape index (κ2) is 5.44. The Hall–Kier alpha value is -1.62. The lowest BCUT2D eigenvalue weighted by molar-refractivity contribution is -0.138. The number of anilines is 1. The number of nitrogens with zero attached hydrogens (tertiary/aromatic N) is 2. The number of rotatable bonds is 3. The molecule has 4 aliphatic carbocycles. The van der Waals surface area contributed by atoms with Gasteiger partial charge in [0, 0.05) is 16.6 Å². The summed E-state index contributed by atoms with van der Waals surface area (Å²) in [4.78, 5) is 13.2. The summed E-state index contributed by atoms with van der Waals surface area (Å²) in [5.41, 5.74) is 0.793. The molecule has 0 spiro atoms. The Morgan fingerprint density at radius 2 is 1.84 bits per heavy atom. The van der Waals surface area contributed by atoms with E-state index in [-0.39, 0.29) is 15.6 Å². The monoisotopic (exact) mass is 399 g/mol. The van der Waals surface area contributed by atoms with Crippen molar-refractivity contribution in [2.75, 3.05) is 5.32 Å². The number of alkyl halides is 1. The Morgan fingerprint density at radius 1 is 1.12 bits per heavy atom. The number of nitrogens with one attached hydrogen (secondary N) is 1. The molecule has 4 nitrogen and oxygen atoms in total. The SMILES string of the molecule is O=C(Nc1ccn(-c2ccccc2)n1)C12CC3CC(CC(Br)(C3)C1)C2. The van der Waals surface area contributed by atoms with Gasteiger partial charge in [0.15, 0.2) is 5.82 Å². The average Bonchev–Trinajstić information content (AvgIpc) is 3.02. The first kappa shape index (κ1) is 15.6. The molecule has 2 aromatic rings. The van der Waals surface area contributed by atoms with Crippen LogP contribution in [0, 0.1) is 17.3 Å². The van der Waals surface area contributed by atoms with Crippen molar-refractivity contribution >= 4 is 27.7 Å². The van der Waals surface area contributed by atoms with Gasteiger partial charge in [0.05, 0.1) is 11.1 Å². The van der Waals surface area contributed by atoms with Crippen LogP contribution >= 0.6 is 15.9 Å². The summed E-state index contributed by atoms with van der Waals surface area (Å²) in [5, 5.41) is 7.65. The summed E-state index contributed by atoms with van der Waals surface area (Å²) in [5.74, 6) is 2.22. The highest BCUT2D eigenvalue weighted by molar-refractivity contribution is 9.10. The standard InChI is InChI=1S/C20H22BrN3O/c21-20-11-14-8-15(12-20)10-19(9-14,13-20)18(25)22-17-6-7-24(23-17)16-4-2-1-3-5-16/h1-7,14-15H,8-13H2,(H,22,23,25). The Balaban J connectivity index is 1.37. The highest BCUT2D eigenvalue weighted by Crippen LogP contribution is 2.64. The Labute approximate surface area is 156 Å². The van der Waals surface area contributed by atoms with Gasteiger partial charge in [-0.2, -0.15) is 5.10 Å². The summed E-state index contributed by atoms with van der Waals surface area (Å²) in [6.45, 7) is 0. The molecule has 4 fully saturated rings. The van der Waals surface area contributed by atoms with E-state index in [1.54, 1.807) is 4.68 Å². The third-order valence-electron chi connectivity index (χ3n) is 6.32. The maximum absolute atomic E-state index is 13.2. The minimum absolute atomic E-state index is 0.170. The van der Waals surface area contributed by atoms with Crippen molar-refractivity contribution in [3.05, 3.63) is 42.6 Å². The first-order chi connectivity index (χ1) is 12.0. The fraction of sp³-hybridized carbons (Fsp3) is 0.500. The summed E-state index contributed by atoms with van der Waals surface area (Å²) in [6, 6.07) is 11.9. The summed E-state index contributed by atoms with van der Waals surface area (Å²) < 4.78 is 2.00. The molecular weight excluding hydrogens is 378 g/mol. The van der Waals surface area contributed by atoms with Gasteiger partial charge in [-0.1, -0.05) is 34.1 Å². The molecule has 4 saturated carbocycles. The van der Waals surface area contributed by atoms with Gasteiger partial charge in [0.1, 0.15) is 0 Å². The summed E-state index contributed by atoms with van der Waals surface area (Å²) >= 11 is 3.98. The quantitative estimate of drug-likeness (QED) is 0.769. The molecule has 0 saturated heterocycles. The first-order valence-electron chi connectivity index (χ1n) is 9.15. The zero-order valence-corrected chi connectivity index (χ0v) is 15.7. The minimum Gasteiger partial charge on any atom is -0.309 e. The third kappa shape index (κ3) is 2.64. The molecule has 4 aliphatic rings. The highest BCUT2D eigenvalue weighted by atomic mass is 79.9. The molecule has 4 bridgehead atoms. The second-order valence-corrected chi connectivity index (χ2v) is 10.0. The van der Waals surface area contributed by atoms with Gasteiger partial charge < -0.3 is 5.32 Å². The normalized spacial score (nSPS) is 35.7. The van der Waals surface area contributed by atoms with Gasteiger partial charge in [0.25, 0.3) is 0 Å². The predicted octanol–water partition coefficient (Wildman–Crippen LogP) is 4.54. The number of benzene rings is 1. The van der Waals surface area contributed by atoms with E-state index in [1.165, 1.54) is 19.3 Å². The fourth-order valence-electron chi connectivity index (χ4n) is 5.78. The topological polar surface area (TPSA) is 46.9 Å². The van der Waals surface area contributed by atoms with Gasteiger partial charge in [-0.3, -0.25) is 4.79 Å². The summed E-state index contributed by atoms with van der Waals surface area (Å²) in [6.07, 6.45) is 8.74. The third-order valence-corrected chi connectivity index (χ3v) is 7.25. The molecular formula is C20H22BrN3O. The number of para-hydroxylation sites is 1. The van der Waals surface area contributed by atoms with E-state index in [9.17, 15) is 4.79 Å². The van der Waals surface area contributed by atoms with Gasteiger partial charge in [-0.05, 0) is 62.5 Å². The Kier molecular flexibility index (Phi) is 3.40. The van der Waals surface area contributed by atoms with Crippen LogP contribution in [0.15, 0.2) is 42.6 Å². The van der Waals surface area contributed by atoms with Crippen LogP contribution in [-0.4, -0.2) is 20.0 Å². The van der Waals surface area contributed by atoms with E-state index in [1.807, 2.05) is 42.6 Å². The molecule has 1 N–H and O–H groups in total. The largest absolute Gasteiger partial charge is 0.309 e. The van der Waals surface area contributed by atoms with Crippen LogP contribution in [0.1, 0.15) is 38.5 Å². The van der Waals surface area contributed by atoms with Gasteiger partial charge in [0.2, 0.25) is 5.91 Å². The predicted molar refractivity (Wildman–Crippen MR) is 101 cm³/mol. The lowest BCUT2D eigenvalue weighted by Gasteiger charge is -2.59. The number of carbonyl (C=O) groups is 1. The van der Waals surface area contributed by atoms with E-state index in [0.717, 1.165) is 24.9 Å². The molecule has 1 amide bonds. The number of carbonyl (C=O) groups excluding carboxylic acids is 1. The van der Waals surface area contributed by atoms with Crippen molar-refractivity contribution in [3.63, 3.8) is 0 Å². The van der Waals surface area contributed by atoms with Crippen LogP contribution < -0.4 is 5.32 Å². The molecule has 2 atom stereocenters. The number of aromatic nitrogens is 2. The first-order valence-corrected chi connectivity index (χ1v) is 9.95. The molecule has 5 heteroatoms. The van der Waals surface area contributed by atoms with Crippen LogP contribution in [0.4, 0.5) is 5.82 Å². The maximum atomic E-state index is 13.2. The van der Waals surface area contributed by atoms with E-state index in [0.29, 0.717) is 17.7 Å². The molecule has 2 unspecified atom stereocenters. The lowest BCUT2D eigenvalue weighted by Crippen LogP contribution is -2.57. The minimum atomic E-state index is -0.204. The number of halogens is 1. The smallest absolute Gasteiger partial charge is 0.231 e. The Morgan fingerprint density at radius 3 is 2.52 bits per heavy atom. The number of amides is 1. The van der Waals surface area contributed by atoms with Crippen LogP contribution in [0.5, 0.6) is 0 Å². The van der Waals surface area contributed by atoms with Crippen LogP contribution in [0.2, 0.25) is 0 Å². The fourth-order valence-corrected chi connectivity index (χ4v) is 7.23. The van der Waals surface area contributed by atoms with Crippen molar-refractivity contribution in [1.82, 2.24) is 9.78 Å². The molecule has 6 rings (SSSR count). The lowest BCUT2D eigenvalue weighted by atomic mass is 9.49. The van der Waals surface area contributed by atoms with Crippen molar-refractivity contribution in [2.24, 2.45) is 17.3 Å². The van der Waals surface area contributed by atoms with E-state index >= 15 is 0 Å². The van der Waals surface area contributed by atoms with Crippen molar-refractivity contribution in [2.45, 2.75) is 42.8 Å². The maximum Gasteiger partial charge on any atom is 0.231 e. The molecule has 1 aromatic heterocycles. The Bertz CT molecular complexity index is 801. The second-order valence-electron chi connectivity index (χ2n) is 8.33. The van der Waals surface area contributed by atoms with Gasteiger partial charge >= 0.3 is 0 Å². The highest BCUT2D eigenvalue weighted by Gasteiger charge is 2.59. The molecule has 0 aliphatic heterocycles. The zero-order chi connectivity index (χ0) is 17.1. The molecule has 130 valence electrons. The van der Waals surface area contributed by atoms with Crippen LogP contribution in [0.25, 0.3) is 5.69 Å². The summed E-state index contributed by atoms with van der Waals surface area (Å²) in [7, 11) is 0. The average molecular weight is 400 g/mol. The number of hydrogen-bond donors (Lipinski definition) is 1. The molecule has 1 aromatic carbocycles. The van der Waals surface area contributed by atoms with E-state index < -0.39 is 0 Å². The molecule has 0 radical (unpaired) electrons.